The molecule has 33 heavy (non-hydrogen) atoms. The summed E-state index contributed by atoms with van der Waals surface area (Å²) in [6.07, 6.45) is 0. The number of carbonyl (C=O) groups excluding carboxylic acids is 1. The minimum absolute atomic E-state index is 0.150. The molecule has 1 atom stereocenters. The normalized spacial score (nSPS) is 12.2. The maximum absolute atomic E-state index is 12.6. The number of thioether (sulfide) groups is 1. The Morgan fingerprint density at radius 1 is 0.939 bits per heavy atom. The highest BCUT2D eigenvalue weighted by Gasteiger charge is 2.17. The summed E-state index contributed by atoms with van der Waals surface area (Å²) in [6.45, 7) is 1.82. The van der Waals surface area contributed by atoms with Crippen molar-refractivity contribution in [3.05, 3.63) is 90.3 Å². The number of thiazole rings is 1. The molecule has 1 amide bonds. The second kappa shape index (κ2) is 10.2. The molecule has 6 nitrogen and oxygen atoms in total. The van der Waals surface area contributed by atoms with E-state index in [2.05, 4.69) is 15.0 Å². The first-order chi connectivity index (χ1) is 15.9. The summed E-state index contributed by atoms with van der Waals surface area (Å²) in [6, 6.07) is 24.9. The number of amides is 1. The number of sulfonamides is 1. The van der Waals surface area contributed by atoms with Crippen molar-refractivity contribution in [3.63, 3.8) is 0 Å². The molecule has 1 aromatic heterocycles. The van der Waals surface area contributed by atoms with Gasteiger partial charge in [-0.05, 0) is 43.3 Å². The molecular formula is C24H21N3O3S3. The topological polar surface area (TPSA) is 88.2 Å². The van der Waals surface area contributed by atoms with Crippen molar-refractivity contribution in [2.45, 2.75) is 22.0 Å². The van der Waals surface area contributed by atoms with Crippen LogP contribution < -0.4 is 10.0 Å². The van der Waals surface area contributed by atoms with Gasteiger partial charge >= 0.3 is 0 Å². The Hall–Kier alpha value is -3.14. The fraction of sp³-hybridized carbons (Fsp3) is 0.0833. The van der Waals surface area contributed by atoms with Crippen molar-refractivity contribution in [1.82, 2.24) is 4.98 Å². The van der Waals surface area contributed by atoms with E-state index in [-0.39, 0.29) is 16.1 Å². The van der Waals surface area contributed by atoms with Crippen molar-refractivity contribution in [2.24, 2.45) is 0 Å². The number of nitrogens with one attached hydrogen (secondary N) is 2. The molecule has 0 aliphatic rings. The smallest absolute Gasteiger partial charge is 0.261 e. The van der Waals surface area contributed by atoms with Gasteiger partial charge in [-0.15, -0.1) is 23.1 Å². The lowest BCUT2D eigenvalue weighted by molar-refractivity contribution is -0.115. The predicted octanol–water partition coefficient (Wildman–Crippen LogP) is 5.73. The van der Waals surface area contributed by atoms with Gasteiger partial charge < -0.3 is 5.32 Å². The van der Waals surface area contributed by atoms with Gasteiger partial charge in [-0.1, -0.05) is 48.5 Å². The van der Waals surface area contributed by atoms with E-state index in [4.69, 9.17) is 0 Å². The summed E-state index contributed by atoms with van der Waals surface area (Å²) in [5, 5.41) is 4.98. The first kappa shape index (κ1) is 23.0. The number of anilines is 2. The summed E-state index contributed by atoms with van der Waals surface area (Å²) in [5.74, 6) is -0.150. The van der Waals surface area contributed by atoms with Crippen molar-refractivity contribution < 1.29 is 13.2 Å². The van der Waals surface area contributed by atoms with Crippen LogP contribution in [0.2, 0.25) is 0 Å². The van der Waals surface area contributed by atoms with E-state index < -0.39 is 10.0 Å². The Kier molecular flexibility index (Phi) is 7.12. The van der Waals surface area contributed by atoms with E-state index >= 15 is 0 Å². The van der Waals surface area contributed by atoms with Crippen LogP contribution in [0.15, 0.2) is 100 Å². The van der Waals surface area contributed by atoms with E-state index in [1.165, 1.54) is 35.2 Å². The molecular weight excluding hydrogens is 474 g/mol. The average Bonchev–Trinajstić information content (AvgIpc) is 3.30. The van der Waals surface area contributed by atoms with E-state index in [1.807, 2.05) is 42.6 Å². The van der Waals surface area contributed by atoms with Crippen LogP contribution in [0.25, 0.3) is 11.3 Å². The molecule has 0 saturated heterocycles. The molecule has 4 aromatic rings. The quantitative estimate of drug-likeness (QED) is 0.305. The molecule has 0 saturated carbocycles. The van der Waals surface area contributed by atoms with Gasteiger partial charge in [0.25, 0.3) is 10.0 Å². The van der Waals surface area contributed by atoms with Gasteiger partial charge in [0.15, 0.2) is 5.13 Å². The van der Waals surface area contributed by atoms with E-state index in [0.29, 0.717) is 10.8 Å². The summed E-state index contributed by atoms with van der Waals surface area (Å²) in [5.41, 5.74) is 2.28. The van der Waals surface area contributed by atoms with Crippen molar-refractivity contribution in [1.29, 1.82) is 0 Å². The van der Waals surface area contributed by atoms with Crippen LogP contribution in [0, 0.1) is 0 Å². The Labute approximate surface area is 201 Å². The third kappa shape index (κ3) is 6.01. The molecule has 0 fully saturated rings. The number of hydrogen-bond donors (Lipinski definition) is 2. The van der Waals surface area contributed by atoms with Gasteiger partial charge in [0.1, 0.15) is 0 Å². The van der Waals surface area contributed by atoms with Crippen molar-refractivity contribution in [2.75, 3.05) is 10.0 Å². The number of benzene rings is 3. The van der Waals surface area contributed by atoms with Gasteiger partial charge in [0, 0.05) is 21.5 Å². The molecule has 4 rings (SSSR count). The first-order valence-corrected chi connectivity index (χ1v) is 13.3. The van der Waals surface area contributed by atoms with Crippen LogP contribution in [0.4, 0.5) is 10.8 Å². The van der Waals surface area contributed by atoms with Crippen LogP contribution in [0.1, 0.15) is 6.92 Å². The summed E-state index contributed by atoms with van der Waals surface area (Å²) in [7, 11) is -3.64. The highest BCUT2D eigenvalue weighted by molar-refractivity contribution is 8.00. The SMILES string of the molecule is CC(Sc1ccc(NS(=O)(=O)c2ccccc2)cc1)C(=O)Nc1nc(-c2ccccc2)cs1. The molecule has 1 unspecified atom stereocenters. The maximum atomic E-state index is 12.6. The lowest BCUT2D eigenvalue weighted by atomic mass is 10.2. The van der Waals surface area contributed by atoms with Crippen molar-refractivity contribution >= 4 is 49.8 Å². The first-order valence-electron chi connectivity index (χ1n) is 10.1. The number of hydrogen-bond acceptors (Lipinski definition) is 6. The lowest BCUT2D eigenvalue weighted by Gasteiger charge is -2.12. The fourth-order valence-electron chi connectivity index (χ4n) is 2.95. The Morgan fingerprint density at radius 3 is 2.24 bits per heavy atom. The second-order valence-electron chi connectivity index (χ2n) is 7.10. The Bertz CT molecular complexity index is 1320. The minimum atomic E-state index is -3.64. The zero-order chi connectivity index (χ0) is 23.3. The zero-order valence-electron chi connectivity index (χ0n) is 17.6. The molecule has 0 spiro atoms. The van der Waals surface area contributed by atoms with Crippen molar-refractivity contribution in [3.8, 4) is 11.3 Å². The van der Waals surface area contributed by atoms with Crippen LogP contribution in [-0.4, -0.2) is 24.6 Å². The Balaban J connectivity index is 1.34. The van der Waals surface area contributed by atoms with Gasteiger partial charge in [-0.3, -0.25) is 9.52 Å². The molecule has 9 heteroatoms. The maximum Gasteiger partial charge on any atom is 0.261 e. The number of aromatic nitrogens is 1. The molecule has 3 aromatic carbocycles. The molecule has 0 aliphatic carbocycles. The second-order valence-corrected chi connectivity index (χ2v) is 11.1. The molecule has 0 aliphatic heterocycles. The van der Waals surface area contributed by atoms with E-state index in [9.17, 15) is 13.2 Å². The summed E-state index contributed by atoms with van der Waals surface area (Å²) < 4.78 is 27.5. The van der Waals surface area contributed by atoms with Gasteiger partial charge in [0.05, 0.1) is 15.8 Å². The average molecular weight is 496 g/mol. The molecule has 1 heterocycles. The summed E-state index contributed by atoms with van der Waals surface area (Å²) >= 11 is 2.77. The molecule has 168 valence electrons. The monoisotopic (exact) mass is 495 g/mol. The number of carbonyl (C=O) groups is 1. The summed E-state index contributed by atoms with van der Waals surface area (Å²) in [4.78, 5) is 18.2. The van der Waals surface area contributed by atoms with Crippen LogP contribution in [-0.2, 0) is 14.8 Å². The highest BCUT2D eigenvalue weighted by Crippen LogP contribution is 2.28. The van der Waals surface area contributed by atoms with Gasteiger partial charge in [0.2, 0.25) is 5.91 Å². The standard InChI is InChI=1S/C24H21N3O3S3/c1-17(23(28)26-24-25-22(16-31-24)18-8-4-2-5-9-18)32-20-14-12-19(13-15-20)27-33(29,30)21-10-6-3-7-11-21/h2-17,27H,1H3,(H,25,26,28). The van der Waals surface area contributed by atoms with E-state index in [1.54, 1.807) is 42.5 Å². The van der Waals surface area contributed by atoms with Crippen LogP contribution >= 0.6 is 23.1 Å². The third-order valence-corrected chi connectivity index (χ3v) is 7.91. The lowest BCUT2D eigenvalue weighted by Crippen LogP contribution is -2.22. The van der Waals surface area contributed by atoms with E-state index in [0.717, 1.165) is 16.2 Å². The van der Waals surface area contributed by atoms with Gasteiger partial charge in [-0.2, -0.15) is 0 Å². The molecule has 0 radical (unpaired) electrons. The van der Waals surface area contributed by atoms with Crippen LogP contribution in [0.5, 0.6) is 0 Å². The molecule has 2 N–H and O–H groups in total. The third-order valence-electron chi connectivity index (χ3n) is 4.65. The largest absolute Gasteiger partial charge is 0.301 e. The fourth-order valence-corrected chi connectivity index (χ4v) is 5.62. The minimum Gasteiger partial charge on any atom is -0.301 e. The van der Waals surface area contributed by atoms with Gasteiger partial charge in [-0.25, -0.2) is 13.4 Å². The Morgan fingerprint density at radius 2 is 1.58 bits per heavy atom. The number of nitrogens with zero attached hydrogens (tertiary/aromatic N) is 1. The highest BCUT2D eigenvalue weighted by atomic mass is 32.2. The predicted molar refractivity (Wildman–Crippen MR) is 135 cm³/mol. The molecule has 0 bridgehead atoms. The number of rotatable bonds is 8. The van der Waals surface area contributed by atoms with Crippen LogP contribution in [0.3, 0.4) is 0 Å². The zero-order valence-corrected chi connectivity index (χ0v) is 20.1.